The first-order chi connectivity index (χ1) is 34.2. The molecule has 0 atom stereocenters. The van der Waals surface area contributed by atoms with E-state index in [2.05, 4.69) is 266 Å². The smallest absolute Gasteiger partial charge is 0.135 e. The predicted octanol–water partition coefficient (Wildman–Crippen LogP) is 18.1. The van der Waals surface area contributed by atoms with E-state index in [4.69, 9.17) is 4.42 Å². The molecule has 1 heterocycles. The standard InChI is InChI=1S/C67H45NO/c1-4-18-46(19-5-1)49-20-16-21-50(44-49)47-34-39-54(40-35-47)68(55-41-36-48(37-42-55)51-38-43-65-60(45-51)57-27-12-15-33-64(57)69-65)63-32-14-11-26-56(63)58-29-17-31-62-66(58)59-28-10-13-30-61(59)67(62,52-22-6-2-7-23-52)53-24-8-3-9-25-53/h1-45H. The normalized spacial score (nSPS) is 12.5. The van der Waals surface area contributed by atoms with E-state index in [1.165, 1.54) is 55.6 Å². The first kappa shape index (κ1) is 40.3. The van der Waals surface area contributed by atoms with Gasteiger partial charge in [0.2, 0.25) is 0 Å². The second-order valence-corrected chi connectivity index (χ2v) is 18.0. The highest BCUT2D eigenvalue weighted by atomic mass is 16.3. The Bertz CT molecular complexity index is 3780. The summed E-state index contributed by atoms with van der Waals surface area (Å²) in [5.41, 5.74) is 21.5. The molecule has 0 amide bonds. The number of hydrogen-bond donors (Lipinski definition) is 0. The summed E-state index contributed by atoms with van der Waals surface area (Å²) in [5, 5.41) is 2.25. The Morgan fingerprint density at radius 3 is 1.43 bits per heavy atom. The molecular weight excluding hydrogens is 835 g/mol. The van der Waals surface area contributed by atoms with Crippen molar-refractivity contribution in [3.05, 3.63) is 295 Å². The van der Waals surface area contributed by atoms with Gasteiger partial charge in [0.25, 0.3) is 0 Å². The molecule has 2 nitrogen and oxygen atoms in total. The van der Waals surface area contributed by atoms with Crippen LogP contribution in [-0.2, 0) is 5.41 Å². The second-order valence-electron chi connectivity index (χ2n) is 18.0. The molecule has 0 fully saturated rings. The molecule has 0 aliphatic heterocycles. The number of furan rings is 1. The van der Waals surface area contributed by atoms with E-state index in [0.29, 0.717) is 0 Å². The van der Waals surface area contributed by atoms with E-state index in [9.17, 15) is 0 Å². The molecule has 13 rings (SSSR count). The van der Waals surface area contributed by atoms with Crippen LogP contribution in [-0.4, -0.2) is 0 Å². The zero-order chi connectivity index (χ0) is 45.7. The summed E-state index contributed by atoms with van der Waals surface area (Å²) in [5.74, 6) is 0. The molecule has 69 heavy (non-hydrogen) atoms. The maximum Gasteiger partial charge on any atom is 0.135 e. The number of benzene rings is 11. The number of hydrogen-bond acceptors (Lipinski definition) is 2. The third-order valence-electron chi connectivity index (χ3n) is 14.2. The van der Waals surface area contributed by atoms with E-state index in [0.717, 1.165) is 61.3 Å². The minimum absolute atomic E-state index is 0.506. The number of anilines is 3. The summed E-state index contributed by atoms with van der Waals surface area (Å²) in [7, 11) is 0. The molecule has 0 spiro atoms. The number of para-hydroxylation sites is 2. The minimum Gasteiger partial charge on any atom is -0.456 e. The van der Waals surface area contributed by atoms with Crippen molar-refractivity contribution in [1.82, 2.24) is 0 Å². The Morgan fingerprint density at radius 1 is 0.290 bits per heavy atom. The molecule has 0 unspecified atom stereocenters. The molecular formula is C67H45NO. The number of fused-ring (bicyclic) bond motifs is 6. The molecule has 1 aromatic heterocycles. The first-order valence-electron chi connectivity index (χ1n) is 23.7. The topological polar surface area (TPSA) is 16.4 Å². The highest BCUT2D eigenvalue weighted by molar-refractivity contribution is 6.06. The molecule has 0 saturated carbocycles. The van der Waals surface area contributed by atoms with Crippen LogP contribution >= 0.6 is 0 Å². The molecule has 12 aromatic rings. The van der Waals surface area contributed by atoms with Gasteiger partial charge in [0.05, 0.1) is 11.1 Å². The Hall–Kier alpha value is -8.98. The summed E-state index contributed by atoms with van der Waals surface area (Å²) in [6.07, 6.45) is 0. The van der Waals surface area contributed by atoms with E-state index in [-0.39, 0.29) is 0 Å². The van der Waals surface area contributed by atoms with Crippen molar-refractivity contribution in [2.24, 2.45) is 0 Å². The minimum atomic E-state index is -0.506. The molecule has 0 N–H and O–H groups in total. The van der Waals surface area contributed by atoms with Gasteiger partial charge in [0.15, 0.2) is 0 Å². The lowest BCUT2D eigenvalue weighted by molar-refractivity contribution is 0.669. The lowest BCUT2D eigenvalue weighted by Crippen LogP contribution is -2.28. The van der Waals surface area contributed by atoms with Crippen LogP contribution in [0.4, 0.5) is 17.1 Å². The summed E-state index contributed by atoms with van der Waals surface area (Å²) in [6, 6.07) is 99.3. The SMILES string of the molecule is c1ccc(-c2cccc(-c3ccc(N(c4ccc(-c5ccc6oc7ccccc7c6c5)cc4)c4ccccc4-c4cccc5c4-c4ccccc4C5(c4ccccc4)c4ccccc4)cc3)c2)cc1. The van der Waals surface area contributed by atoms with Gasteiger partial charge in [-0.15, -0.1) is 0 Å². The molecule has 2 heteroatoms. The van der Waals surface area contributed by atoms with E-state index in [1.54, 1.807) is 0 Å². The summed E-state index contributed by atoms with van der Waals surface area (Å²) in [4.78, 5) is 2.43. The lowest BCUT2D eigenvalue weighted by Gasteiger charge is -2.34. The molecule has 0 radical (unpaired) electrons. The highest BCUT2D eigenvalue weighted by Crippen LogP contribution is 2.59. The average Bonchev–Trinajstić information content (AvgIpc) is 3.96. The van der Waals surface area contributed by atoms with Crippen LogP contribution in [0.15, 0.2) is 277 Å². The van der Waals surface area contributed by atoms with Crippen molar-refractivity contribution in [3.8, 4) is 55.6 Å². The quantitative estimate of drug-likeness (QED) is 0.144. The van der Waals surface area contributed by atoms with Crippen LogP contribution in [0, 0.1) is 0 Å². The van der Waals surface area contributed by atoms with E-state index in [1.807, 2.05) is 12.1 Å². The van der Waals surface area contributed by atoms with Gasteiger partial charge in [-0.3, -0.25) is 0 Å². The highest BCUT2D eigenvalue weighted by Gasteiger charge is 2.47. The Balaban J connectivity index is 0.979. The summed E-state index contributed by atoms with van der Waals surface area (Å²) >= 11 is 0. The monoisotopic (exact) mass is 879 g/mol. The molecule has 324 valence electrons. The Labute approximate surface area is 402 Å². The molecule has 1 aliphatic carbocycles. The van der Waals surface area contributed by atoms with Crippen LogP contribution in [0.1, 0.15) is 22.3 Å². The van der Waals surface area contributed by atoms with Gasteiger partial charge in [0, 0.05) is 27.7 Å². The van der Waals surface area contributed by atoms with Gasteiger partial charge in [-0.1, -0.05) is 218 Å². The maximum absolute atomic E-state index is 6.20. The van der Waals surface area contributed by atoms with Gasteiger partial charge in [-0.25, -0.2) is 0 Å². The fourth-order valence-electron chi connectivity index (χ4n) is 11.1. The van der Waals surface area contributed by atoms with Crippen molar-refractivity contribution >= 4 is 39.0 Å². The van der Waals surface area contributed by atoms with Gasteiger partial charge < -0.3 is 9.32 Å². The van der Waals surface area contributed by atoms with Gasteiger partial charge in [-0.2, -0.15) is 0 Å². The third kappa shape index (κ3) is 6.72. The maximum atomic E-state index is 6.20. The van der Waals surface area contributed by atoms with Gasteiger partial charge in [0.1, 0.15) is 11.2 Å². The van der Waals surface area contributed by atoms with E-state index >= 15 is 0 Å². The van der Waals surface area contributed by atoms with Crippen LogP contribution in [0.5, 0.6) is 0 Å². The lowest BCUT2D eigenvalue weighted by atomic mass is 9.67. The fourth-order valence-corrected chi connectivity index (χ4v) is 11.1. The Kier molecular flexibility index (Phi) is 9.77. The van der Waals surface area contributed by atoms with Crippen LogP contribution in [0.3, 0.4) is 0 Å². The summed E-state index contributed by atoms with van der Waals surface area (Å²) in [6.45, 7) is 0. The van der Waals surface area contributed by atoms with Crippen LogP contribution in [0.25, 0.3) is 77.6 Å². The summed E-state index contributed by atoms with van der Waals surface area (Å²) < 4.78 is 6.20. The number of nitrogens with zero attached hydrogens (tertiary/aromatic N) is 1. The fraction of sp³-hybridized carbons (Fsp3) is 0.0149. The zero-order valence-electron chi connectivity index (χ0n) is 37.8. The Morgan fingerprint density at radius 2 is 0.754 bits per heavy atom. The van der Waals surface area contributed by atoms with Crippen molar-refractivity contribution in [2.75, 3.05) is 4.90 Å². The molecule has 11 aromatic carbocycles. The van der Waals surface area contributed by atoms with Crippen LogP contribution in [0.2, 0.25) is 0 Å². The molecule has 1 aliphatic rings. The van der Waals surface area contributed by atoms with Gasteiger partial charge >= 0.3 is 0 Å². The van der Waals surface area contributed by atoms with Crippen molar-refractivity contribution in [2.45, 2.75) is 5.41 Å². The first-order valence-corrected chi connectivity index (χ1v) is 23.7. The molecule has 0 saturated heterocycles. The zero-order valence-corrected chi connectivity index (χ0v) is 37.8. The van der Waals surface area contributed by atoms with Crippen molar-refractivity contribution in [3.63, 3.8) is 0 Å². The van der Waals surface area contributed by atoms with Crippen LogP contribution < -0.4 is 4.90 Å². The second kappa shape index (κ2) is 16.7. The predicted molar refractivity (Wildman–Crippen MR) is 287 cm³/mol. The molecule has 0 bridgehead atoms. The van der Waals surface area contributed by atoms with Crippen molar-refractivity contribution < 1.29 is 4.42 Å². The van der Waals surface area contributed by atoms with Crippen molar-refractivity contribution in [1.29, 1.82) is 0 Å². The number of rotatable bonds is 9. The largest absolute Gasteiger partial charge is 0.456 e. The van der Waals surface area contributed by atoms with Gasteiger partial charge in [-0.05, 0) is 127 Å². The average molecular weight is 880 g/mol. The third-order valence-corrected chi connectivity index (χ3v) is 14.2. The van der Waals surface area contributed by atoms with E-state index < -0.39 is 5.41 Å².